The van der Waals surface area contributed by atoms with Crippen molar-refractivity contribution in [3.8, 4) is 0 Å². The van der Waals surface area contributed by atoms with E-state index in [0.29, 0.717) is 16.4 Å². The van der Waals surface area contributed by atoms with Crippen LogP contribution in [0.3, 0.4) is 0 Å². The second-order valence-corrected chi connectivity index (χ2v) is 5.34. The predicted molar refractivity (Wildman–Crippen MR) is 75.7 cm³/mol. The summed E-state index contributed by atoms with van der Waals surface area (Å²) in [6, 6.07) is -0.998. The Labute approximate surface area is 126 Å². The first kappa shape index (κ1) is 15.5. The molecule has 2 N–H and O–H groups in total. The molecule has 1 aliphatic heterocycles. The Bertz CT molecular complexity index is 611. The minimum absolute atomic E-state index is 0.0138. The Morgan fingerprint density at radius 3 is 2.67 bits per heavy atom. The molecule has 1 amide bonds. The summed E-state index contributed by atoms with van der Waals surface area (Å²) >= 11 is 6.05. The third-order valence-corrected chi connectivity index (χ3v) is 3.88. The maximum Gasteiger partial charge on any atom is 0.326 e. The van der Waals surface area contributed by atoms with E-state index in [2.05, 4.69) is 5.10 Å². The Morgan fingerprint density at radius 1 is 1.48 bits per heavy atom. The lowest BCUT2D eigenvalue weighted by atomic mass is 10.2. The molecule has 1 fully saturated rings. The van der Waals surface area contributed by atoms with Crippen LogP contribution in [0.15, 0.2) is 6.08 Å². The van der Waals surface area contributed by atoms with Crippen LogP contribution in [0.4, 0.5) is 0 Å². The number of carbonyl (C=O) groups excluding carboxylic acids is 1. The number of aromatic nitrogens is 2. The van der Waals surface area contributed by atoms with E-state index in [9.17, 15) is 14.7 Å². The van der Waals surface area contributed by atoms with Crippen molar-refractivity contribution in [1.29, 1.82) is 0 Å². The second kappa shape index (κ2) is 5.87. The van der Waals surface area contributed by atoms with E-state index in [1.54, 1.807) is 14.0 Å². The van der Waals surface area contributed by atoms with Gasteiger partial charge in [0.2, 0.25) is 5.91 Å². The number of aliphatic carboxylic acids is 1. The lowest BCUT2D eigenvalue weighted by Gasteiger charge is -2.19. The first-order chi connectivity index (χ1) is 9.81. The number of hydrogen-bond donors (Lipinski definition) is 2. The van der Waals surface area contributed by atoms with Crippen LogP contribution < -0.4 is 0 Å². The molecule has 1 aromatic heterocycles. The molecule has 114 valence electrons. The quantitative estimate of drug-likeness (QED) is 0.790. The van der Waals surface area contributed by atoms with Gasteiger partial charge in [0, 0.05) is 31.7 Å². The van der Waals surface area contributed by atoms with Crippen LogP contribution in [0, 0.1) is 6.92 Å². The van der Waals surface area contributed by atoms with Crippen molar-refractivity contribution in [2.75, 3.05) is 6.54 Å². The van der Waals surface area contributed by atoms with E-state index in [-0.39, 0.29) is 13.0 Å². The Kier molecular flexibility index (Phi) is 4.34. The first-order valence-corrected chi connectivity index (χ1v) is 6.77. The van der Waals surface area contributed by atoms with E-state index in [4.69, 9.17) is 16.7 Å². The molecule has 1 saturated heterocycles. The molecule has 0 radical (unpaired) electrons. The zero-order valence-electron chi connectivity index (χ0n) is 11.7. The highest BCUT2D eigenvalue weighted by molar-refractivity contribution is 6.31. The fourth-order valence-electron chi connectivity index (χ4n) is 2.38. The van der Waals surface area contributed by atoms with Crippen molar-refractivity contribution < 1.29 is 19.8 Å². The number of carboxylic acids is 1. The number of nitrogens with zero attached hydrogens (tertiary/aromatic N) is 3. The fourth-order valence-corrected chi connectivity index (χ4v) is 2.62. The largest absolute Gasteiger partial charge is 0.480 e. The fraction of sp³-hybridized carbons (Fsp3) is 0.462. The van der Waals surface area contributed by atoms with Gasteiger partial charge >= 0.3 is 5.97 Å². The molecule has 7 nitrogen and oxygen atoms in total. The Hall–Kier alpha value is -1.86. The number of aliphatic hydroxyl groups excluding tert-OH is 1. The normalized spacial score (nSPS) is 22.2. The summed E-state index contributed by atoms with van der Waals surface area (Å²) in [7, 11) is 1.69. The molecule has 1 aliphatic rings. The molecule has 1 unspecified atom stereocenters. The van der Waals surface area contributed by atoms with E-state index in [1.807, 2.05) is 0 Å². The standard InChI is InChI=1S/C13H16ClN3O4/c1-7-9(12(14)16(2)15-7)3-4-11(19)17-6-8(18)5-10(17)13(20)21/h3-4,8,10,18H,5-6H2,1-2H3,(H,20,21)/b4-3+/t8?,10-/m0/s1. The second-order valence-electron chi connectivity index (χ2n) is 4.98. The Morgan fingerprint density at radius 2 is 2.14 bits per heavy atom. The van der Waals surface area contributed by atoms with Gasteiger partial charge in [0.15, 0.2) is 0 Å². The van der Waals surface area contributed by atoms with Crippen molar-refractivity contribution in [3.63, 3.8) is 0 Å². The maximum atomic E-state index is 12.1. The zero-order valence-corrected chi connectivity index (χ0v) is 12.4. The lowest BCUT2D eigenvalue weighted by molar-refractivity contribution is -0.146. The summed E-state index contributed by atoms with van der Waals surface area (Å²) in [6.07, 6.45) is 1.99. The number of aryl methyl sites for hydroxylation is 2. The summed E-state index contributed by atoms with van der Waals surface area (Å²) in [6.45, 7) is 1.77. The molecule has 8 heteroatoms. The number of carboxylic acid groups (broad SMARTS) is 1. The van der Waals surface area contributed by atoms with E-state index < -0.39 is 24.0 Å². The van der Waals surface area contributed by atoms with Crippen LogP contribution in [0.25, 0.3) is 6.08 Å². The first-order valence-electron chi connectivity index (χ1n) is 6.40. The third kappa shape index (κ3) is 3.08. The van der Waals surface area contributed by atoms with Crippen molar-refractivity contribution in [1.82, 2.24) is 14.7 Å². The summed E-state index contributed by atoms with van der Waals surface area (Å²) < 4.78 is 1.49. The third-order valence-electron chi connectivity index (χ3n) is 3.44. The predicted octanol–water partition coefficient (Wildman–Crippen LogP) is 0.442. The number of carbonyl (C=O) groups is 2. The number of hydrogen-bond acceptors (Lipinski definition) is 4. The number of aliphatic hydroxyl groups is 1. The summed E-state index contributed by atoms with van der Waals surface area (Å²) in [4.78, 5) is 24.3. The van der Waals surface area contributed by atoms with Crippen LogP contribution in [-0.4, -0.2) is 55.5 Å². The number of β-amino-alcohol motifs (C(OH)–C–C–N with tert-alkyl or cyclic N) is 1. The van der Waals surface area contributed by atoms with Gasteiger partial charge in [-0.25, -0.2) is 4.79 Å². The highest BCUT2D eigenvalue weighted by Crippen LogP contribution is 2.22. The van der Waals surface area contributed by atoms with Gasteiger partial charge in [0.1, 0.15) is 11.2 Å². The van der Waals surface area contributed by atoms with Gasteiger partial charge in [-0.1, -0.05) is 11.6 Å². The molecule has 0 aromatic carbocycles. The van der Waals surface area contributed by atoms with E-state index in [0.717, 1.165) is 4.90 Å². The van der Waals surface area contributed by atoms with Crippen LogP contribution in [0.5, 0.6) is 0 Å². The molecule has 2 atom stereocenters. The zero-order chi connectivity index (χ0) is 15.7. The average Bonchev–Trinajstić information content (AvgIpc) is 2.90. The van der Waals surface area contributed by atoms with Gasteiger partial charge in [0.25, 0.3) is 0 Å². The molecule has 1 aromatic rings. The van der Waals surface area contributed by atoms with Crippen molar-refractivity contribution in [2.45, 2.75) is 25.5 Å². The number of halogens is 1. The number of likely N-dealkylation sites (tertiary alicyclic amines) is 1. The van der Waals surface area contributed by atoms with Gasteiger partial charge in [-0.2, -0.15) is 5.10 Å². The molecular weight excluding hydrogens is 298 g/mol. The number of rotatable bonds is 3. The molecular formula is C13H16ClN3O4. The smallest absolute Gasteiger partial charge is 0.326 e. The molecule has 0 saturated carbocycles. The van der Waals surface area contributed by atoms with Gasteiger partial charge in [-0.05, 0) is 13.0 Å². The van der Waals surface area contributed by atoms with Gasteiger partial charge in [-0.15, -0.1) is 0 Å². The van der Waals surface area contributed by atoms with Crippen molar-refractivity contribution >= 4 is 29.6 Å². The molecule has 2 rings (SSSR count). The summed E-state index contributed by atoms with van der Waals surface area (Å²) in [5, 5.41) is 23.1. The minimum atomic E-state index is -1.12. The minimum Gasteiger partial charge on any atom is -0.480 e. The molecule has 0 bridgehead atoms. The summed E-state index contributed by atoms with van der Waals surface area (Å²) in [5.74, 6) is -1.60. The van der Waals surface area contributed by atoms with Crippen LogP contribution in [-0.2, 0) is 16.6 Å². The lowest BCUT2D eigenvalue weighted by Crippen LogP contribution is -2.39. The average molecular weight is 314 g/mol. The van der Waals surface area contributed by atoms with Crippen LogP contribution >= 0.6 is 11.6 Å². The SMILES string of the molecule is Cc1nn(C)c(Cl)c1/C=C/C(=O)N1CC(O)C[C@H]1C(=O)O. The van der Waals surface area contributed by atoms with Gasteiger partial charge in [-0.3, -0.25) is 9.48 Å². The Balaban J connectivity index is 2.17. The molecule has 21 heavy (non-hydrogen) atoms. The van der Waals surface area contributed by atoms with Crippen molar-refractivity contribution in [2.24, 2.45) is 7.05 Å². The van der Waals surface area contributed by atoms with Crippen LogP contribution in [0.1, 0.15) is 17.7 Å². The highest BCUT2D eigenvalue weighted by atomic mass is 35.5. The maximum absolute atomic E-state index is 12.1. The molecule has 2 heterocycles. The van der Waals surface area contributed by atoms with Crippen molar-refractivity contribution in [3.05, 3.63) is 22.5 Å². The van der Waals surface area contributed by atoms with E-state index in [1.165, 1.54) is 16.8 Å². The molecule has 0 aliphatic carbocycles. The highest BCUT2D eigenvalue weighted by Gasteiger charge is 2.38. The monoisotopic (exact) mass is 313 g/mol. The summed E-state index contributed by atoms with van der Waals surface area (Å²) in [5.41, 5.74) is 1.28. The number of amides is 1. The van der Waals surface area contributed by atoms with Crippen LogP contribution in [0.2, 0.25) is 5.15 Å². The van der Waals surface area contributed by atoms with Gasteiger partial charge in [0.05, 0.1) is 11.8 Å². The van der Waals surface area contributed by atoms with Gasteiger partial charge < -0.3 is 15.1 Å². The van der Waals surface area contributed by atoms with E-state index >= 15 is 0 Å². The molecule has 0 spiro atoms. The topological polar surface area (TPSA) is 95.7 Å².